The number of nitrogens with two attached hydrogens (primary N) is 1. The van der Waals surface area contributed by atoms with E-state index >= 15 is 13.2 Å². The fourth-order valence-electron chi connectivity index (χ4n) is 10.3. The lowest BCUT2D eigenvalue weighted by Crippen LogP contribution is -2.53. The number of hydrogen-bond acceptors (Lipinski definition) is 14. The number of alkyl halides is 3. The number of benzene rings is 2. The van der Waals surface area contributed by atoms with Gasteiger partial charge in [0.2, 0.25) is 11.8 Å². The Morgan fingerprint density at radius 3 is 2.38 bits per heavy atom. The van der Waals surface area contributed by atoms with Gasteiger partial charge in [0.05, 0.1) is 49.0 Å². The summed E-state index contributed by atoms with van der Waals surface area (Å²) in [5.74, 6) is -4.60. The van der Waals surface area contributed by atoms with Crippen molar-refractivity contribution >= 4 is 70.2 Å². The van der Waals surface area contributed by atoms with Crippen molar-refractivity contribution in [3.63, 3.8) is 0 Å². The number of nitrogens with one attached hydrogen (secondary N) is 3. The van der Waals surface area contributed by atoms with Crippen molar-refractivity contribution in [3.8, 4) is 5.75 Å². The molecule has 0 saturated carbocycles. The van der Waals surface area contributed by atoms with E-state index in [2.05, 4.69) is 16.0 Å². The number of carbonyl (C=O) groups is 8. The van der Waals surface area contributed by atoms with Crippen molar-refractivity contribution in [2.24, 2.45) is 23.5 Å². The Kier molecular flexibility index (Phi) is 22.5. The molecule has 23 heteroatoms. The Morgan fingerprint density at radius 2 is 1.74 bits per heavy atom. The van der Waals surface area contributed by atoms with E-state index in [1.54, 1.807) is 51.1 Å². The normalized spacial score (nSPS) is 25.2. The highest BCUT2D eigenvalue weighted by Gasteiger charge is 2.64. The van der Waals surface area contributed by atoms with E-state index in [-0.39, 0.29) is 78.2 Å². The summed E-state index contributed by atoms with van der Waals surface area (Å²) in [4.78, 5) is 106. The van der Waals surface area contributed by atoms with E-state index in [9.17, 15) is 43.5 Å². The SMILES string of the molecule is COc1cc2cc(c1Cl)N(C)C(=O)C[C@H](OC(=O)Nc1ccc(CC(=O)[C@H](CCCNC(N)=O)NC(=O)[C@@H](CC(=O)CCCCC(C)=O)C(C)C)cc1C(F)(F)F)[C@]1(C)O[C@H]1[C@H](C)[C@@H]1C[C@@](O)(CC(=O)O1)[C@H](OC)/C=C/C=C(\C)C2. The van der Waals surface area contributed by atoms with Gasteiger partial charge < -0.3 is 54.9 Å². The minimum Gasteiger partial charge on any atom is -0.495 e. The van der Waals surface area contributed by atoms with Gasteiger partial charge in [-0.25, -0.2) is 9.59 Å². The van der Waals surface area contributed by atoms with Crippen LogP contribution in [0.15, 0.2) is 54.1 Å². The van der Waals surface area contributed by atoms with Crippen LogP contribution in [0.3, 0.4) is 0 Å². The third kappa shape index (κ3) is 17.3. The lowest BCUT2D eigenvalue weighted by molar-refractivity contribution is -0.187. The van der Waals surface area contributed by atoms with Crippen LogP contribution in [-0.2, 0) is 66.7 Å². The average molecular weight is 1150 g/mol. The number of esters is 1. The predicted octanol–water partition coefficient (Wildman–Crippen LogP) is 8.07. The molecule has 0 aliphatic carbocycles. The topological polar surface area (TPSA) is 272 Å². The number of amides is 5. The molecule has 3 aliphatic heterocycles. The molecule has 9 atom stereocenters. The molecule has 4 bridgehead atoms. The molecular formula is C57H75ClF3N5O14. The number of hydrogen-bond donors (Lipinski definition) is 5. The molecule has 0 aromatic heterocycles. The van der Waals surface area contributed by atoms with Crippen LogP contribution in [0.4, 0.5) is 34.1 Å². The molecule has 19 nitrogen and oxygen atoms in total. The Hall–Kier alpha value is -6.36. The number of anilines is 2. The highest BCUT2D eigenvalue weighted by Crippen LogP contribution is 2.50. The number of Topliss-reactive ketones (excluding diaryl/α,β-unsaturated/α-hetero) is 3. The molecule has 5 amide bonds. The van der Waals surface area contributed by atoms with Gasteiger partial charge in [-0.2, -0.15) is 13.2 Å². The first-order valence-corrected chi connectivity index (χ1v) is 27.0. The number of urea groups is 1. The number of ketones is 3. The summed E-state index contributed by atoms with van der Waals surface area (Å²) < 4.78 is 74.1. The third-order valence-electron chi connectivity index (χ3n) is 15.0. The maximum absolute atomic E-state index is 15.0. The van der Waals surface area contributed by atoms with Crippen LogP contribution in [0.2, 0.25) is 5.02 Å². The monoisotopic (exact) mass is 1150 g/mol. The van der Waals surface area contributed by atoms with Gasteiger partial charge in [-0.3, -0.25) is 29.3 Å². The molecule has 440 valence electrons. The molecule has 0 spiro atoms. The second kappa shape index (κ2) is 27.9. The van der Waals surface area contributed by atoms with Gasteiger partial charge in [0, 0.05) is 64.6 Å². The number of halogens is 4. The van der Waals surface area contributed by atoms with E-state index in [1.165, 1.54) is 46.1 Å². The summed E-state index contributed by atoms with van der Waals surface area (Å²) in [6.07, 6.45) is -5.78. The van der Waals surface area contributed by atoms with Crippen LogP contribution in [0.25, 0.3) is 0 Å². The summed E-state index contributed by atoms with van der Waals surface area (Å²) >= 11 is 6.79. The quantitative estimate of drug-likeness (QED) is 0.0449. The molecule has 5 rings (SSSR count). The molecule has 6 N–H and O–H groups in total. The molecule has 0 radical (unpaired) electrons. The molecule has 2 aromatic rings. The summed E-state index contributed by atoms with van der Waals surface area (Å²) in [6, 6.07) is 4.06. The smallest absolute Gasteiger partial charge is 0.418 e. The van der Waals surface area contributed by atoms with Crippen molar-refractivity contribution < 1.29 is 80.3 Å². The number of fused-ring (bicyclic) bond motifs is 5. The van der Waals surface area contributed by atoms with Crippen LogP contribution in [0.1, 0.15) is 122 Å². The zero-order chi connectivity index (χ0) is 59.4. The summed E-state index contributed by atoms with van der Waals surface area (Å²) in [5, 5.41) is 19.3. The zero-order valence-corrected chi connectivity index (χ0v) is 47.5. The first kappa shape index (κ1) is 64.5. The van der Waals surface area contributed by atoms with Crippen LogP contribution in [0, 0.1) is 17.8 Å². The Morgan fingerprint density at radius 1 is 1.04 bits per heavy atom. The van der Waals surface area contributed by atoms with Crippen LogP contribution < -0.4 is 31.3 Å². The van der Waals surface area contributed by atoms with Gasteiger partial charge >= 0.3 is 24.3 Å². The van der Waals surface area contributed by atoms with Gasteiger partial charge in [0.25, 0.3) is 0 Å². The molecule has 3 aliphatic rings. The number of epoxide rings is 1. The van der Waals surface area contributed by atoms with Gasteiger partial charge in [-0.05, 0) is 94.2 Å². The van der Waals surface area contributed by atoms with E-state index in [0.717, 1.165) is 11.6 Å². The van der Waals surface area contributed by atoms with Crippen molar-refractivity contribution in [2.75, 3.05) is 38.0 Å². The number of carbonyl (C=O) groups excluding carboxylic acids is 8. The average Bonchev–Trinajstić information content (AvgIpc) is 4.23. The van der Waals surface area contributed by atoms with Crippen molar-refractivity contribution in [2.45, 2.75) is 166 Å². The van der Waals surface area contributed by atoms with Gasteiger partial charge in [0.15, 0.2) is 5.78 Å². The molecular weight excluding hydrogens is 1070 g/mol. The molecule has 2 aromatic carbocycles. The van der Waals surface area contributed by atoms with E-state index < -0.39 is 126 Å². The maximum atomic E-state index is 15.0. The number of aliphatic hydroxyl groups is 1. The molecule has 2 saturated heterocycles. The minimum absolute atomic E-state index is 0.00938. The second-order valence-electron chi connectivity index (χ2n) is 21.6. The lowest BCUT2D eigenvalue weighted by Gasteiger charge is -2.41. The second-order valence-corrected chi connectivity index (χ2v) is 22.0. The van der Waals surface area contributed by atoms with E-state index in [1.807, 2.05) is 6.92 Å². The largest absolute Gasteiger partial charge is 0.495 e. The van der Waals surface area contributed by atoms with Crippen molar-refractivity contribution in [1.82, 2.24) is 10.6 Å². The van der Waals surface area contributed by atoms with E-state index in [0.29, 0.717) is 37.3 Å². The molecule has 2 fully saturated rings. The highest BCUT2D eigenvalue weighted by molar-refractivity contribution is 6.35. The first-order chi connectivity index (χ1) is 37.5. The number of allylic oxidation sites excluding steroid dienone is 3. The van der Waals surface area contributed by atoms with Crippen LogP contribution in [0.5, 0.6) is 5.75 Å². The van der Waals surface area contributed by atoms with Gasteiger partial charge in [-0.15, -0.1) is 0 Å². The molecule has 80 heavy (non-hydrogen) atoms. The number of ether oxygens (including phenoxy) is 5. The number of unbranched alkanes of at least 4 members (excludes halogenated alkanes) is 1. The van der Waals surface area contributed by atoms with Crippen LogP contribution >= 0.6 is 11.6 Å². The standard InChI is InChI=1S/C57H75ClF3N5O14/c1-31(2)38(27-37(68)16-11-10-15-33(4)67)52(72)64-41(17-13-21-63-53(62)73)43(69)25-35-19-20-40(39(23-35)57(59,60)61)65-54(74)79-47-28-48(70)66(7)42-24-36(26-44(76-8)50(42)58)22-32(3)14-12-18-46(77-9)56(75)29-45(78-49(71)30-56)34(5)51-55(47,6)80-51/h12,14,18-20,23-24,26,31,34,38,41,45-47,51,75H,10-11,13,15-17,21-22,25,27-30H2,1-9H3,(H,64,72)(H,65,74)(H3,62,63,73)/b18-12+,32-14+/t34-,38+,41+,45+,46-,47+,51+,55+,56-/m1/s1. The number of nitrogens with zero attached hydrogens (tertiary/aromatic N) is 1. The number of primary amides is 1. The Balaban J connectivity index is 1.43. The van der Waals surface area contributed by atoms with Gasteiger partial charge in [0.1, 0.15) is 51.9 Å². The number of methoxy groups -OCH3 is 2. The molecule has 3 heterocycles. The van der Waals surface area contributed by atoms with E-state index in [4.69, 9.17) is 41.0 Å². The first-order valence-electron chi connectivity index (χ1n) is 26.6. The summed E-state index contributed by atoms with van der Waals surface area (Å²) in [7, 11) is 4.24. The van der Waals surface area contributed by atoms with Crippen LogP contribution in [-0.4, -0.2) is 122 Å². The summed E-state index contributed by atoms with van der Waals surface area (Å²) in [5.41, 5.74) is 1.42. The van der Waals surface area contributed by atoms with Crippen molar-refractivity contribution in [1.29, 1.82) is 0 Å². The zero-order valence-electron chi connectivity index (χ0n) is 46.7. The fourth-order valence-corrected chi connectivity index (χ4v) is 10.6. The Bertz CT molecular complexity index is 2700. The highest BCUT2D eigenvalue weighted by atomic mass is 35.5. The minimum atomic E-state index is -5.12. The summed E-state index contributed by atoms with van der Waals surface area (Å²) in [6.45, 7) is 9.99. The lowest BCUT2D eigenvalue weighted by atomic mass is 9.78. The number of rotatable bonds is 21. The van der Waals surface area contributed by atoms with Gasteiger partial charge in [-0.1, -0.05) is 62.2 Å². The maximum Gasteiger partial charge on any atom is 0.418 e. The predicted molar refractivity (Wildman–Crippen MR) is 290 cm³/mol. The Labute approximate surface area is 469 Å². The van der Waals surface area contributed by atoms with Crippen molar-refractivity contribution in [3.05, 3.63) is 75.8 Å². The fraction of sp³-hybridized carbons (Fsp3) is 0.579. The third-order valence-corrected chi connectivity index (χ3v) is 15.3. The molecule has 0 unspecified atom stereocenters.